The number of carbonyl (C=O) groups is 1. The van der Waals surface area contributed by atoms with Crippen molar-refractivity contribution in [2.24, 2.45) is 0 Å². The molecule has 140 valence electrons. The second kappa shape index (κ2) is 9.09. The summed E-state index contributed by atoms with van der Waals surface area (Å²) >= 11 is 3.37. The molecule has 1 saturated heterocycles. The van der Waals surface area contributed by atoms with Crippen LogP contribution in [0, 0.1) is 0 Å². The van der Waals surface area contributed by atoms with Gasteiger partial charge in [0.1, 0.15) is 0 Å². The van der Waals surface area contributed by atoms with E-state index in [4.69, 9.17) is 0 Å². The average Bonchev–Trinajstić information content (AvgIpc) is 2.56. The molecule has 0 atom stereocenters. The zero-order valence-electron chi connectivity index (χ0n) is 14.6. The van der Waals surface area contributed by atoms with E-state index in [1.807, 2.05) is 43.0 Å². The van der Waals surface area contributed by atoms with Crippen molar-refractivity contribution < 1.29 is 13.2 Å². The number of piperazine rings is 1. The van der Waals surface area contributed by atoms with E-state index in [1.165, 1.54) is 8.61 Å². The first-order valence-corrected chi connectivity index (χ1v) is 10.6. The van der Waals surface area contributed by atoms with Crippen LogP contribution in [-0.4, -0.2) is 73.6 Å². The largest absolute Gasteiger partial charge is 0.325 e. The second-order valence-corrected chi connectivity index (χ2v) is 8.67. The van der Waals surface area contributed by atoms with Crippen LogP contribution in [0.4, 0.5) is 5.69 Å². The Morgan fingerprint density at radius 3 is 2.40 bits per heavy atom. The molecule has 2 rings (SSSR count). The standard InChI is InChI=1S/C16H25BrN4O3S/c1-3-20(4-2)25(23,24)21-10-8-19(9-11-21)13-16(22)18-15-7-5-6-14(17)12-15/h5-7,12H,3-4,8-11,13H2,1-2H3,(H,18,22). The summed E-state index contributed by atoms with van der Waals surface area (Å²) in [5.74, 6) is -0.0989. The van der Waals surface area contributed by atoms with Crippen molar-refractivity contribution in [2.75, 3.05) is 51.1 Å². The lowest BCUT2D eigenvalue weighted by atomic mass is 10.3. The van der Waals surface area contributed by atoms with Gasteiger partial charge in [-0.2, -0.15) is 17.0 Å². The van der Waals surface area contributed by atoms with Crippen molar-refractivity contribution in [2.45, 2.75) is 13.8 Å². The van der Waals surface area contributed by atoms with Crippen molar-refractivity contribution in [3.05, 3.63) is 28.7 Å². The van der Waals surface area contributed by atoms with Crippen LogP contribution in [0.1, 0.15) is 13.8 Å². The summed E-state index contributed by atoms with van der Waals surface area (Å²) in [5, 5.41) is 2.86. The van der Waals surface area contributed by atoms with Crippen molar-refractivity contribution >= 4 is 37.7 Å². The van der Waals surface area contributed by atoms with E-state index in [0.29, 0.717) is 39.3 Å². The summed E-state index contributed by atoms with van der Waals surface area (Å²) < 4.78 is 28.9. The molecule has 0 aliphatic carbocycles. The normalized spacial score (nSPS) is 17.0. The van der Waals surface area contributed by atoms with Gasteiger partial charge in [-0.05, 0) is 18.2 Å². The molecule has 0 spiro atoms. The highest BCUT2D eigenvalue weighted by molar-refractivity contribution is 9.10. The van der Waals surface area contributed by atoms with Crippen LogP contribution in [0.15, 0.2) is 28.7 Å². The van der Waals surface area contributed by atoms with E-state index in [0.717, 1.165) is 10.2 Å². The van der Waals surface area contributed by atoms with Gasteiger partial charge in [-0.1, -0.05) is 35.8 Å². The lowest BCUT2D eigenvalue weighted by molar-refractivity contribution is -0.117. The number of carbonyl (C=O) groups excluding carboxylic acids is 1. The summed E-state index contributed by atoms with van der Waals surface area (Å²) in [6.45, 7) is 6.77. The van der Waals surface area contributed by atoms with Crippen molar-refractivity contribution in [1.82, 2.24) is 13.5 Å². The molecule has 0 radical (unpaired) electrons. The Morgan fingerprint density at radius 2 is 1.84 bits per heavy atom. The van der Waals surface area contributed by atoms with E-state index < -0.39 is 10.2 Å². The number of hydrogen-bond donors (Lipinski definition) is 1. The van der Waals surface area contributed by atoms with Gasteiger partial charge in [-0.3, -0.25) is 9.69 Å². The molecule has 1 aromatic rings. The number of benzene rings is 1. The van der Waals surface area contributed by atoms with Gasteiger partial charge in [0, 0.05) is 49.4 Å². The lowest BCUT2D eigenvalue weighted by Crippen LogP contribution is -2.54. The van der Waals surface area contributed by atoms with Gasteiger partial charge >= 0.3 is 0 Å². The molecule has 1 fully saturated rings. The quantitative estimate of drug-likeness (QED) is 0.709. The molecule has 0 saturated carbocycles. The van der Waals surface area contributed by atoms with Gasteiger partial charge in [-0.25, -0.2) is 0 Å². The first-order valence-electron chi connectivity index (χ1n) is 8.39. The minimum absolute atomic E-state index is 0.0989. The molecule has 1 aliphatic heterocycles. The molecule has 0 aromatic heterocycles. The third-order valence-corrected chi connectivity index (χ3v) is 6.84. The molecule has 7 nitrogen and oxygen atoms in total. The Balaban J connectivity index is 1.85. The fourth-order valence-corrected chi connectivity index (χ4v) is 4.80. The smallest absolute Gasteiger partial charge is 0.282 e. The molecule has 1 aliphatic rings. The Hall–Kier alpha value is -1.000. The first kappa shape index (κ1) is 20.3. The molecule has 9 heteroatoms. The Labute approximate surface area is 158 Å². The van der Waals surface area contributed by atoms with Crippen molar-refractivity contribution in [3.8, 4) is 0 Å². The molecular formula is C16H25BrN4O3S. The highest BCUT2D eigenvalue weighted by atomic mass is 79.9. The van der Waals surface area contributed by atoms with Crippen LogP contribution >= 0.6 is 15.9 Å². The van der Waals surface area contributed by atoms with E-state index in [1.54, 1.807) is 0 Å². The van der Waals surface area contributed by atoms with Crippen LogP contribution in [0.25, 0.3) is 0 Å². The minimum atomic E-state index is -3.40. The Bertz CT molecular complexity index is 686. The fraction of sp³-hybridized carbons (Fsp3) is 0.562. The molecule has 1 heterocycles. The van der Waals surface area contributed by atoms with Crippen LogP contribution in [0.3, 0.4) is 0 Å². The van der Waals surface area contributed by atoms with Gasteiger partial charge in [-0.15, -0.1) is 0 Å². The van der Waals surface area contributed by atoms with Crippen LogP contribution in [0.5, 0.6) is 0 Å². The number of rotatable bonds is 7. The van der Waals surface area contributed by atoms with E-state index >= 15 is 0 Å². The first-order chi connectivity index (χ1) is 11.9. The monoisotopic (exact) mass is 432 g/mol. The predicted octanol–water partition coefficient (Wildman–Crippen LogP) is 1.59. The number of nitrogens with zero attached hydrogens (tertiary/aromatic N) is 3. The van der Waals surface area contributed by atoms with Crippen LogP contribution in [0.2, 0.25) is 0 Å². The van der Waals surface area contributed by atoms with Crippen LogP contribution in [-0.2, 0) is 15.0 Å². The van der Waals surface area contributed by atoms with Gasteiger partial charge in [0.2, 0.25) is 5.91 Å². The number of nitrogens with one attached hydrogen (secondary N) is 1. The third kappa shape index (κ3) is 5.49. The molecule has 1 N–H and O–H groups in total. The number of hydrogen-bond acceptors (Lipinski definition) is 4. The fourth-order valence-electron chi connectivity index (χ4n) is 2.80. The second-order valence-electron chi connectivity index (χ2n) is 5.83. The minimum Gasteiger partial charge on any atom is -0.325 e. The zero-order chi connectivity index (χ0) is 18.4. The SMILES string of the molecule is CCN(CC)S(=O)(=O)N1CCN(CC(=O)Nc2cccc(Br)c2)CC1. The predicted molar refractivity (Wildman–Crippen MR) is 103 cm³/mol. The molecular weight excluding hydrogens is 408 g/mol. The average molecular weight is 433 g/mol. The van der Waals surface area contributed by atoms with E-state index in [-0.39, 0.29) is 12.5 Å². The summed E-state index contributed by atoms with van der Waals surface area (Å²) in [7, 11) is -3.40. The summed E-state index contributed by atoms with van der Waals surface area (Å²) in [4.78, 5) is 14.1. The topological polar surface area (TPSA) is 73.0 Å². The van der Waals surface area contributed by atoms with Gasteiger partial charge in [0.15, 0.2) is 0 Å². The molecule has 1 amide bonds. The van der Waals surface area contributed by atoms with E-state index in [2.05, 4.69) is 21.2 Å². The molecule has 0 bridgehead atoms. The Morgan fingerprint density at radius 1 is 1.20 bits per heavy atom. The van der Waals surface area contributed by atoms with E-state index in [9.17, 15) is 13.2 Å². The van der Waals surface area contributed by atoms with Gasteiger partial charge in [0.05, 0.1) is 6.54 Å². The zero-order valence-corrected chi connectivity index (χ0v) is 17.0. The maximum Gasteiger partial charge on any atom is 0.282 e. The van der Waals surface area contributed by atoms with Crippen LogP contribution < -0.4 is 5.32 Å². The van der Waals surface area contributed by atoms with Gasteiger partial charge in [0.25, 0.3) is 10.2 Å². The third-order valence-electron chi connectivity index (χ3n) is 4.16. The maximum absolute atomic E-state index is 12.5. The molecule has 1 aromatic carbocycles. The lowest BCUT2D eigenvalue weighted by Gasteiger charge is -2.35. The van der Waals surface area contributed by atoms with Crippen molar-refractivity contribution in [1.29, 1.82) is 0 Å². The summed E-state index contributed by atoms with van der Waals surface area (Å²) in [6.07, 6.45) is 0. The highest BCUT2D eigenvalue weighted by Crippen LogP contribution is 2.16. The Kier molecular flexibility index (Phi) is 7.38. The summed E-state index contributed by atoms with van der Waals surface area (Å²) in [5.41, 5.74) is 0.738. The summed E-state index contributed by atoms with van der Waals surface area (Å²) in [6, 6.07) is 7.42. The number of halogens is 1. The van der Waals surface area contributed by atoms with Crippen molar-refractivity contribution in [3.63, 3.8) is 0 Å². The molecule has 25 heavy (non-hydrogen) atoms. The van der Waals surface area contributed by atoms with Gasteiger partial charge < -0.3 is 5.32 Å². The number of amides is 1. The maximum atomic E-state index is 12.5. The molecule has 0 unspecified atom stereocenters. The number of anilines is 1. The highest BCUT2D eigenvalue weighted by Gasteiger charge is 2.31.